The molecule has 1 aliphatic heterocycles. The highest BCUT2D eigenvalue weighted by molar-refractivity contribution is 5.94. The Hall–Kier alpha value is -2.25. The van der Waals surface area contributed by atoms with Crippen molar-refractivity contribution in [3.8, 4) is 0 Å². The minimum absolute atomic E-state index is 0.0774. The predicted octanol–water partition coefficient (Wildman–Crippen LogP) is 2.92. The molecule has 0 radical (unpaired) electrons. The third-order valence-electron chi connectivity index (χ3n) is 3.78. The maximum atomic E-state index is 12.3. The van der Waals surface area contributed by atoms with E-state index in [1.165, 1.54) is 24.3 Å². The van der Waals surface area contributed by atoms with Crippen molar-refractivity contribution >= 4 is 17.6 Å². The molecular weight excluding hydrogens is 323 g/mol. The van der Waals surface area contributed by atoms with Crippen LogP contribution in [0.3, 0.4) is 0 Å². The van der Waals surface area contributed by atoms with Crippen LogP contribution in [0, 0.1) is 0 Å². The van der Waals surface area contributed by atoms with Crippen molar-refractivity contribution in [2.45, 2.75) is 44.9 Å². The lowest BCUT2D eigenvalue weighted by atomic mass is 10.1. The van der Waals surface area contributed by atoms with Crippen LogP contribution in [0.4, 0.5) is 23.7 Å². The van der Waals surface area contributed by atoms with Crippen molar-refractivity contribution in [2.75, 3.05) is 11.9 Å². The summed E-state index contributed by atoms with van der Waals surface area (Å²) in [5, 5.41) is 5.12. The lowest BCUT2D eigenvalue weighted by Crippen LogP contribution is -2.44. The highest BCUT2D eigenvalue weighted by atomic mass is 19.4. The molecule has 1 saturated heterocycles. The van der Waals surface area contributed by atoms with Gasteiger partial charge in [0, 0.05) is 18.3 Å². The number of carbonyl (C=O) groups excluding carboxylic acids is 2. The number of anilines is 1. The zero-order valence-electron chi connectivity index (χ0n) is 13.5. The zero-order valence-corrected chi connectivity index (χ0v) is 13.5. The van der Waals surface area contributed by atoms with Gasteiger partial charge in [0.2, 0.25) is 5.91 Å². The summed E-state index contributed by atoms with van der Waals surface area (Å²) in [5.41, 5.74) is 0.483. The van der Waals surface area contributed by atoms with Crippen LogP contribution in [-0.4, -0.2) is 41.6 Å². The molecule has 0 spiro atoms. The summed E-state index contributed by atoms with van der Waals surface area (Å²) in [6.45, 7) is 4.40. The van der Waals surface area contributed by atoms with Gasteiger partial charge >= 0.3 is 12.2 Å². The molecule has 8 heteroatoms. The van der Waals surface area contributed by atoms with E-state index in [4.69, 9.17) is 0 Å². The van der Waals surface area contributed by atoms with E-state index in [2.05, 4.69) is 10.6 Å². The number of amides is 3. The largest absolute Gasteiger partial charge is 0.393 e. The van der Waals surface area contributed by atoms with Gasteiger partial charge in [0.25, 0.3) is 0 Å². The second-order valence-electron chi connectivity index (χ2n) is 6.05. The minimum atomic E-state index is -4.27. The highest BCUT2D eigenvalue weighted by Gasteiger charge is 2.34. The van der Waals surface area contributed by atoms with Crippen LogP contribution < -0.4 is 10.6 Å². The van der Waals surface area contributed by atoms with E-state index in [1.807, 2.05) is 13.8 Å². The molecular formula is C16H20F3N3O2. The van der Waals surface area contributed by atoms with E-state index >= 15 is 0 Å². The molecule has 1 aromatic rings. The van der Waals surface area contributed by atoms with E-state index in [-0.39, 0.29) is 17.5 Å². The second kappa shape index (κ2) is 7.11. The summed E-state index contributed by atoms with van der Waals surface area (Å²) in [4.78, 5) is 25.7. The first kappa shape index (κ1) is 18.1. The van der Waals surface area contributed by atoms with Crippen molar-refractivity contribution in [1.82, 2.24) is 10.2 Å². The Morgan fingerprint density at radius 1 is 1.29 bits per heavy atom. The topological polar surface area (TPSA) is 61.4 Å². The SMILES string of the molecule is CC(C)N1CCC(NC(=O)Nc2ccc(CC(F)(F)F)cc2)C1=O. The number of rotatable bonds is 4. The summed E-state index contributed by atoms with van der Waals surface area (Å²) in [5.74, 6) is -0.124. The molecule has 0 aromatic heterocycles. The van der Waals surface area contributed by atoms with Gasteiger partial charge in [0.15, 0.2) is 0 Å². The van der Waals surface area contributed by atoms with Crippen molar-refractivity contribution in [3.05, 3.63) is 29.8 Å². The normalized spacial score (nSPS) is 18.2. The predicted molar refractivity (Wildman–Crippen MR) is 83.6 cm³/mol. The Morgan fingerprint density at radius 3 is 2.42 bits per heavy atom. The molecule has 132 valence electrons. The number of nitrogens with one attached hydrogen (secondary N) is 2. The summed E-state index contributed by atoms with van der Waals surface area (Å²) < 4.78 is 36.9. The van der Waals surface area contributed by atoms with Crippen molar-refractivity contribution < 1.29 is 22.8 Å². The molecule has 0 saturated carbocycles. The fraction of sp³-hybridized carbons (Fsp3) is 0.500. The molecule has 24 heavy (non-hydrogen) atoms. The van der Waals surface area contributed by atoms with E-state index < -0.39 is 24.7 Å². The number of halogens is 3. The fourth-order valence-electron chi connectivity index (χ4n) is 2.61. The van der Waals surface area contributed by atoms with Crippen LogP contribution in [0.1, 0.15) is 25.8 Å². The summed E-state index contributed by atoms with van der Waals surface area (Å²) in [6, 6.07) is 4.37. The fourth-order valence-corrected chi connectivity index (χ4v) is 2.61. The number of nitrogens with zero attached hydrogens (tertiary/aromatic N) is 1. The van der Waals surface area contributed by atoms with Gasteiger partial charge in [-0.2, -0.15) is 13.2 Å². The lowest BCUT2D eigenvalue weighted by molar-refractivity contribution is -0.130. The van der Waals surface area contributed by atoms with Gasteiger partial charge in [-0.15, -0.1) is 0 Å². The Morgan fingerprint density at radius 2 is 1.92 bits per heavy atom. The molecule has 1 atom stereocenters. The Bertz CT molecular complexity index is 600. The number of likely N-dealkylation sites (tertiary alicyclic amines) is 1. The average molecular weight is 343 g/mol. The maximum Gasteiger partial charge on any atom is 0.393 e. The van der Waals surface area contributed by atoms with Gasteiger partial charge < -0.3 is 15.5 Å². The molecule has 0 aliphatic carbocycles. The quantitative estimate of drug-likeness (QED) is 0.883. The smallest absolute Gasteiger partial charge is 0.338 e. The molecule has 2 N–H and O–H groups in total. The van der Waals surface area contributed by atoms with Crippen LogP contribution in [0.2, 0.25) is 0 Å². The van der Waals surface area contributed by atoms with Crippen LogP contribution in [0.5, 0.6) is 0 Å². The van der Waals surface area contributed by atoms with Gasteiger partial charge in [-0.05, 0) is 38.0 Å². The lowest BCUT2D eigenvalue weighted by Gasteiger charge is -2.21. The number of alkyl halides is 3. The van der Waals surface area contributed by atoms with Crippen LogP contribution in [0.15, 0.2) is 24.3 Å². The number of hydrogen-bond donors (Lipinski definition) is 2. The molecule has 3 amide bonds. The molecule has 2 rings (SSSR count). The number of urea groups is 1. The Kier molecular flexibility index (Phi) is 5.36. The van der Waals surface area contributed by atoms with Crippen molar-refractivity contribution in [3.63, 3.8) is 0 Å². The van der Waals surface area contributed by atoms with Crippen LogP contribution >= 0.6 is 0 Å². The summed E-state index contributed by atoms with van der Waals surface area (Å²) >= 11 is 0. The molecule has 5 nitrogen and oxygen atoms in total. The number of benzene rings is 1. The second-order valence-corrected chi connectivity index (χ2v) is 6.05. The van der Waals surface area contributed by atoms with E-state index in [1.54, 1.807) is 4.90 Å². The average Bonchev–Trinajstić information content (AvgIpc) is 2.81. The number of hydrogen-bond acceptors (Lipinski definition) is 2. The van der Waals surface area contributed by atoms with Gasteiger partial charge in [0.05, 0.1) is 6.42 Å². The third kappa shape index (κ3) is 4.87. The van der Waals surface area contributed by atoms with Crippen molar-refractivity contribution in [2.24, 2.45) is 0 Å². The van der Waals surface area contributed by atoms with E-state index in [0.717, 1.165) is 0 Å². The van der Waals surface area contributed by atoms with Gasteiger partial charge in [-0.3, -0.25) is 4.79 Å². The zero-order chi connectivity index (χ0) is 17.9. The molecule has 1 aromatic carbocycles. The molecule has 0 bridgehead atoms. The third-order valence-corrected chi connectivity index (χ3v) is 3.78. The maximum absolute atomic E-state index is 12.3. The van der Waals surface area contributed by atoms with Crippen LogP contribution in [-0.2, 0) is 11.2 Å². The minimum Gasteiger partial charge on any atom is -0.338 e. The molecule has 1 aliphatic rings. The molecule has 1 fully saturated rings. The van der Waals surface area contributed by atoms with E-state index in [9.17, 15) is 22.8 Å². The highest BCUT2D eigenvalue weighted by Crippen LogP contribution is 2.22. The van der Waals surface area contributed by atoms with Gasteiger partial charge in [-0.25, -0.2) is 4.79 Å². The first-order chi connectivity index (χ1) is 11.2. The Labute approximate surface area is 138 Å². The summed E-state index contributed by atoms with van der Waals surface area (Å²) in [7, 11) is 0. The van der Waals surface area contributed by atoms with E-state index in [0.29, 0.717) is 18.7 Å². The summed E-state index contributed by atoms with van der Waals surface area (Å²) in [6.07, 6.45) is -4.74. The van der Waals surface area contributed by atoms with Gasteiger partial charge in [-0.1, -0.05) is 12.1 Å². The Balaban J connectivity index is 1.88. The first-order valence-electron chi connectivity index (χ1n) is 7.69. The van der Waals surface area contributed by atoms with Gasteiger partial charge in [0.1, 0.15) is 6.04 Å². The standard InChI is InChI=1S/C16H20F3N3O2/c1-10(2)22-8-7-13(14(22)23)21-15(24)20-12-5-3-11(4-6-12)9-16(17,18)19/h3-6,10,13H,7-9H2,1-2H3,(H2,20,21,24). The number of carbonyl (C=O) groups is 2. The van der Waals surface area contributed by atoms with Crippen molar-refractivity contribution in [1.29, 1.82) is 0 Å². The molecule has 1 unspecified atom stereocenters. The monoisotopic (exact) mass is 343 g/mol. The first-order valence-corrected chi connectivity index (χ1v) is 7.69. The molecule has 1 heterocycles. The van der Waals surface area contributed by atoms with Crippen LogP contribution in [0.25, 0.3) is 0 Å².